The number of carbonyl (C=O) groups is 2. The molecule has 13 heteroatoms. The van der Waals surface area contributed by atoms with Crippen molar-refractivity contribution in [3.05, 3.63) is 0 Å². The molecule has 0 aromatic carbocycles. The predicted molar refractivity (Wildman–Crippen MR) is 127 cm³/mol. The van der Waals surface area contributed by atoms with Crippen LogP contribution in [0, 0.1) is 0 Å². The maximum absolute atomic E-state index is 12.5. The quantitative estimate of drug-likeness (QED) is 0.333. The topological polar surface area (TPSA) is 67.9 Å². The minimum atomic E-state index is -0.830. The highest BCUT2D eigenvalue weighted by Gasteiger charge is 2.28. The van der Waals surface area contributed by atoms with E-state index in [1.807, 2.05) is 25.6 Å². The van der Waals surface area contributed by atoms with Gasteiger partial charge < -0.3 is 14.6 Å². The van der Waals surface area contributed by atoms with Gasteiger partial charge in [-0.05, 0) is 48.6 Å². The first-order valence-corrected chi connectivity index (χ1v) is 18.5. The number of hydrogen-bond donors (Lipinski definition) is 1. The third kappa shape index (κ3) is 12.1. The molecule has 0 aromatic heterocycles. The SMILES string of the molecule is COC(=O)CNC(C)(C)CCCC(C(=O)OP(P)P(P)P)N(C)PP. The molecule has 0 aromatic rings. The summed E-state index contributed by atoms with van der Waals surface area (Å²) in [5, 5.41) is 3.19. The van der Waals surface area contributed by atoms with Crippen molar-refractivity contribution in [1.82, 2.24) is 9.99 Å². The van der Waals surface area contributed by atoms with Crippen molar-refractivity contribution < 1.29 is 18.8 Å². The monoisotopic (exact) mass is 484 g/mol. The standard InChI is InChI=1S/C12H31N2O4P7/c1-12(2,13-8-10(15)17-4)7-5-6-9(14(3)23-19)11(16)18-24(20)25(21)22/h9,13,23H,5-8,19-22H2,1-4H3. The molecule has 0 radical (unpaired) electrons. The van der Waals surface area contributed by atoms with E-state index < -0.39 is 14.5 Å². The van der Waals surface area contributed by atoms with Gasteiger partial charge in [-0.25, -0.2) is 0 Å². The molecule has 0 saturated carbocycles. The summed E-state index contributed by atoms with van der Waals surface area (Å²) in [4.78, 5) is 23.8. The zero-order valence-electron chi connectivity index (χ0n) is 15.2. The van der Waals surface area contributed by atoms with Gasteiger partial charge in [-0.1, -0.05) is 35.7 Å². The minimum absolute atomic E-state index is 0.156. The number of esters is 1. The summed E-state index contributed by atoms with van der Waals surface area (Å²) < 4.78 is 12.3. The Kier molecular flexibility index (Phi) is 15.0. The average Bonchev–Trinajstić information content (AvgIpc) is 2.55. The van der Waals surface area contributed by atoms with Crippen LogP contribution in [-0.2, 0) is 18.8 Å². The lowest BCUT2D eigenvalue weighted by Crippen LogP contribution is -2.43. The van der Waals surface area contributed by atoms with Crippen LogP contribution in [-0.4, -0.2) is 48.9 Å². The lowest BCUT2D eigenvalue weighted by Gasteiger charge is -2.29. The van der Waals surface area contributed by atoms with Gasteiger partial charge in [0.05, 0.1) is 13.7 Å². The summed E-state index contributed by atoms with van der Waals surface area (Å²) in [7, 11) is 13.7. The lowest BCUT2D eigenvalue weighted by molar-refractivity contribution is -0.140. The van der Waals surface area contributed by atoms with Crippen LogP contribution >= 0.6 is 58.6 Å². The Morgan fingerprint density at radius 1 is 1.32 bits per heavy atom. The summed E-state index contributed by atoms with van der Waals surface area (Å²) in [6.07, 6.45) is 2.42. The molecule has 0 spiro atoms. The fraction of sp³-hybridized carbons (Fsp3) is 0.833. The number of nitrogens with zero attached hydrogens (tertiary/aromatic N) is 1. The Morgan fingerprint density at radius 3 is 2.40 bits per heavy atom. The van der Waals surface area contributed by atoms with Crippen molar-refractivity contribution in [2.24, 2.45) is 0 Å². The van der Waals surface area contributed by atoms with Gasteiger partial charge in [-0.3, -0.25) is 14.3 Å². The smallest absolute Gasteiger partial charge is 0.326 e. The Bertz CT molecular complexity index is 428. The highest BCUT2D eigenvalue weighted by molar-refractivity contribution is 8.81. The highest BCUT2D eigenvalue weighted by atomic mass is 32.8. The van der Waals surface area contributed by atoms with E-state index in [0.29, 0.717) is 8.42 Å². The normalized spacial score (nSPS) is 15.0. The van der Waals surface area contributed by atoms with Crippen LogP contribution in [0.25, 0.3) is 0 Å². The molecule has 0 rings (SSSR count). The molecule has 0 aliphatic rings. The maximum atomic E-state index is 12.5. The second-order valence-corrected chi connectivity index (χ2v) is 22.4. The third-order valence-electron chi connectivity index (χ3n) is 3.57. The zero-order valence-corrected chi connectivity index (χ0v) is 22.6. The van der Waals surface area contributed by atoms with Gasteiger partial charge in [-0.15, -0.1) is 0 Å². The fourth-order valence-corrected chi connectivity index (χ4v) is 5.01. The van der Waals surface area contributed by atoms with E-state index in [-0.39, 0.29) is 30.1 Å². The average molecular weight is 484 g/mol. The second-order valence-electron chi connectivity index (χ2n) is 6.05. The molecular formula is C12H31N2O4P7. The maximum Gasteiger partial charge on any atom is 0.326 e. The van der Waals surface area contributed by atoms with Gasteiger partial charge in [0.25, 0.3) is 0 Å². The molecule has 0 aliphatic heterocycles. The van der Waals surface area contributed by atoms with Gasteiger partial charge in [0.1, 0.15) is 13.6 Å². The Labute approximate surface area is 164 Å². The van der Waals surface area contributed by atoms with Crippen molar-refractivity contribution >= 4 is 70.6 Å². The lowest BCUT2D eigenvalue weighted by atomic mass is 9.95. The van der Waals surface area contributed by atoms with Crippen molar-refractivity contribution in [3.8, 4) is 0 Å². The first-order chi connectivity index (χ1) is 11.5. The van der Waals surface area contributed by atoms with Crippen LogP contribution in [0.15, 0.2) is 0 Å². The molecule has 0 saturated heterocycles. The molecule has 6 nitrogen and oxygen atoms in total. The number of carbonyl (C=O) groups excluding carboxylic acids is 2. The molecule has 1 N–H and O–H groups in total. The van der Waals surface area contributed by atoms with Crippen molar-refractivity contribution in [3.63, 3.8) is 0 Å². The number of nitrogens with one attached hydrogen (secondary N) is 1. The molecule has 25 heavy (non-hydrogen) atoms. The molecule has 0 fully saturated rings. The van der Waals surface area contributed by atoms with Gasteiger partial charge >= 0.3 is 11.9 Å². The molecule has 148 valence electrons. The van der Waals surface area contributed by atoms with Gasteiger partial charge in [0, 0.05) is 12.5 Å². The molecular weight excluding hydrogens is 453 g/mol. The molecule has 0 aliphatic carbocycles. The van der Waals surface area contributed by atoms with Crippen molar-refractivity contribution in [1.29, 1.82) is 0 Å². The van der Waals surface area contributed by atoms with E-state index in [0.717, 1.165) is 19.3 Å². The summed E-state index contributed by atoms with van der Waals surface area (Å²) in [5.41, 5.74) is -0.202. The van der Waals surface area contributed by atoms with Crippen molar-refractivity contribution in [2.45, 2.75) is 44.7 Å². The Hall–Kier alpha value is 1.87. The van der Waals surface area contributed by atoms with E-state index >= 15 is 0 Å². The van der Waals surface area contributed by atoms with Crippen LogP contribution in [0.2, 0.25) is 0 Å². The highest BCUT2D eigenvalue weighted by Crippen LogP contribution is 2.83. The van der Waals surface area contributed by atoms with E-state index in [4.69, 9.17) is 4.52 Å². The first-order valence-electron chi connectivity index (χ1n) is 7.61. The molecule has 0 bridgehead atoms. The Morgan fingerprint density at radius 2 is 1.92 bits per heavy atom. The fourth-order valence-electron chi connectivity index (χ4n) is 1.97. The van der Waals surface area contributed by atoms with Crippen molar-refractivity contribution in [2.75, 3.05) is 20.7 Å². The van der Waals surface area contributed by atoms with Gasteiger partial charge in [0.2, 0.25) is 0 Å². The Balaban J connectivity index is 4.58. The van der Waals surface area contributed by atoms with Crippen LogP contribution in [0.3, 0.4) is 0 Å². The first kappa shape index (κ1) is 26.9. The van der Waals surface area contributed by atoms with E-state index in [1.54, 1.807) is 0 Å². The van der Waals surface area contributed by atoms with Crippen LogP contribution < -0.4 is 5.32 Å². The number of hydrogen-bond acceptors (Lipinski definition) is 6. The number of likely N-dealkylation sites (N-methyl/N-ethyl adjacent to an activating group) is 1. The second kappa shape index (κ2) is 13.9. The minimum Gasteiger partial charge on any atom is -0.468 e. The molecule has 0 amide bonds. The zero-order chi connectivity index (χ0) is 19.6. The molecule has 7 atom stereocenters. The van der Waals surface area contributed by atoms with Crippen LogP contribution in [0.5, 0.6) is 0 Å². The summed E-state index contributed by atoms with van der Waals surface area (Å²) in [5.74, 6) is -0.435. The van der Waals surface area contributed by atoms with Crippen LogP contribution in [0.1, 0.15) is 33.1 Å². The largest absolute Gasteiger partial charge is 0.468 e. The van der Waals surface area contributed by atoms with Gasteiger partial charge in [0.15, 0.2) is 0 Å². The third-order valence-corrected chi connectivity index (χ3v) is 19.6. The summed E-state index contributed by atoms with van der Waals surface area (Å²) in [6, 6.07) is -0.247. The molecule has 7 unspecified atom stereocenters. The van der Waals surface area contributed by atoms with E-state index in [1.165, 1.54) is 7.11 Å². The molecule has 0 heterocycles. The van der Waals surface area contributed by atoms with E-state index in [9.17, 15) is 9.59 Å². The number of methoxy groups -OCH3 is 1. The summed E-state index contributed by atoms with van der Waals surface area (Å²) in [6.45, 7) is 3.83. The predicted octanol–water partition coefficient (Wildman–Crippen LogP) is 4.09. The number of ether oxygens (including phenoxy) is 1. The van der Waals surface area contributed by atoms with Crippen LogP contribution in [0.4, 0.5) is 0 Å². The summed E-state index contributed by atoms with van der Waals surface area (Å²) >= 11 is 0. The van der Waals surface area contributed by atoms with Gasteiger partial charge in [-0.2, -0.15) is 0 Å². The van der Waals surface area contributed by atoms with E-state index in [2.05, 4.69) is 45.8 Å². The number of rotatable bonds is 12.